The molecular formula is C15H21NO7. The Hall–Kier alpha value is -1.87. The monoisotopic (exact) mass is 327 g/mol. The summed E-state index contributed by atoms with van der Waals surface area (Å²) in [6.45, 7) is 0.991. The Labute approximate surface area is 133 Å². The summed E-state index contributed by atoms with van der Waals surface area (Å²) in [6.07, 6.45) is -3.94. The number of ether oxygens (including phenoxy) is 3. The molecule has 1 aliphatic rings. The lowest BCUT2D eigenvalue weighted by Gasteiger charge is -2.36. The molecule has 1 aromatic rings. The van der Waals surface area contributed by atoms with Gasteiger partial charge in [0.1, 0.15) is 24.6 Å². The number of hydrogen-bond donors (Lipinski definition) is 4. The molecule has 1 heterocycles. The number of aliphatic hydroxyl groups excluding tert-OH is 3. The van der Waals surface area contributed by atoms with Crippen molar-refractivity contribution in [2.45, 2.75) is 44.6 Å². The molecule has 8 heteroatoms. The minimum absolute atomic E-state index is 0.0479. The Kier molecular flexibility index (Phi) is 5.78. The second-order valence-electron chi connectivity index (χ2n) is 5.35. The van der Waals surface area contributed by atoms with Gasteiger partial charge in [-0.05, 0) is 17.7 Å². The fraction of sp³-hybridized carbons (Fsp3) is 0.533. The van der Waals surface area contributed by atoms with Crippen LogP contribution in [0.3, 0.4) is 0 Å². The molecule has 1 aromatic carbocycles. The first-order chi connectivity index (χ1) is 10.9. The van der Waals surface area contributed by atoms with Crippen LogP contribution in [-0.2, 0) is 20.9 Å². The second kappa shape index (κ2) is 7.60. The van der Waals surface area contributed by atoms with Crippen LogP contribution >= 0.6 is 0 Å². The number of esters is 1. The molecule has 0 aliphatic carbocycles. The molecule has 0 amide bonds. The van der Waals surface area contributed by atoms with E-state index >= 15 is 0 Å². The molecule has 5 N–H and O–H groups in total. The topological polar surface area (TPSA) is 131 Å². The molecule has 4 unspecified atom stereocenters. The minimum Gasteiger partial charge on any atom is -0.463 e. The Balaban J connectivity index is 2.01. The van der Waals surface area contributed by atoms with Crippen molar-refractivity contribution in [2.75, 3.05) is 12.3 Å². The predicted octanol–water partition coefficient (Wildman–Crippen LogP) is -0.460. The van der Waals surface area contributed by atoms with Crippen LogP contribution in [0.5, 0.6) is 5.75 Å². The van der Waals surface area contributed by atoms with Crippen LogP contribution in [0.2, 0.25) is 0 Å². The highest BCUT2D eigenvalue weighted by atomic mass is 16.7. The molecule has 0 bridgehead atoms. The van der Waals surface area contributed by atoms with E-state index in [1.165, 1.54) is 6.92 Å². The molecular weight excluding hydrogens is 306 g/mol. The van der Waals surface area contributed by atoms with E-state index in [2.05, 4.69) is 0 Å². The normalized spacial score (nSPS) is 27.5. The van der Waals surface area contributed by atoms with Gasteiger partial charge in [0.15, 0.2) is 0 Å². The highest BCUT2D eigenvalue weighted by Gasteiger charge is 2.37. The van der Waals surface area contributed by atoms with Gasteiger partial charge < -0.3 is 35.3 Å². The van der Waals surface area contributed by atoms with Gasteiger partial charge in [0, 0.05) is 13.3 Å². The Bertz CT molecular complexity index is 551. The number of anilines is 1. The summed E-state index contributed by atoms with van der Waals surface area (Å²) in [7, 11) is 0. The molecule has 4 atom stereocenters. The summed E-state index contributed by atoms with van der Waals surface area (Å²) in [5, 5.41) is 28.6. The third-order valence-corrected chi connectivity index (χ3v) is 3.49. The van der Waals surface area contributed by atoms with Crippen LogP contribution in [0.15, 0.2) is 18.2 Å². The van der Waals surface area contributed by atoms with Crippen LogP contribution in [0.25, 0.3) is 0 Å². The van der Waals surface area contributed by atoms with Gasteiger partial charge in [0.05, 0.1) is 18.4 Å². The molecule has 1 fully saturated rings. The van der Waals surface area contributed by atoms with E-state index in [4.69, 9.17) is 25.1 Å². The molecule has 1 aliphatic heterocycles. The SMILES string of the molecule is CC(=O)OCc1ccc(OC2CC(O)C(O)C(CO)O2)c(N)c1. The lowest BCUT2D eigenvalue weighted by Crippen LogP contribution is -2.51. The summed E-state index contributed by atoms with van der Waals surface area (Å²) in [6, 6.07) is 4.89. The van der Waals surface area contributed by atoms with Crippen molar-refractivity contribution < 1.29 is 34.3 Å². The van der Waals surface area contributed by atoms with Gasteiger partial charge in [-0.2, -0.15) is 0 Å². The van der Waals surface area contributed by atoms with Crippen LogP contribution in [0.1, 0.15) is 18.9 Å². The number of nitrogens with two attached hydrogens (primary N) is 1. The standard InChI is InChI=1S/C15H21NO7/c1-8(18)21-7-9-2-3-12(10(16)4-9)22-14-5-11(19)15(20)13(6-17)23-14/h2-4,11,13-15,17,19-20H,5-7,16H2,1H3. The first-order valence-electron chi connectivity index (χ1n) is 7.21. The zero-order chi connectivity index (χ0) is 17.0. The van der Waals surface area contributed by atoms with Gasteiger partial charge in [-0.3, -0.25) is 4.79 Å². The van der Waals surface area contributed by atoms with Crippen LogP contribution in [-0.4, -0.2) is 52.5 Å². The van der Waals surface area contributed by atoms with E-state index in [0.29, 0.717) is 17.0 Å². The maximum absolute atomic E-state index is 10.8. The van der Waals surface area contributed by atoms with Gasteiger partial charge in [-0.25, -0.2) is 0 Å². The molecule has 0 radical (unpaired) electrons. The quantitative estimate of drug-likeness (QED) is 0.422. The summed E-state index contributed by atoms with van der Waals surface area (Å²) in [4.78, 5) is 10.8. The maximum atomic E-state index is 10.8. The zero-order valence-corrected chi connectivity index (χ0v) is 12.7. The number of nitrogen functional groups attached to an aromatic ring is 1. The highest BCUT2D eigenvalue weighted by molar-refractivity contribution is 5.66. The van der Waals surface area contributed by atoms with Gasteiger partial charge in [-0.15, -0.1) is 0 Å². The average Bonchev–Trinajstić information content (AvgIpc) is 2.51. The Morgan fingerprint density at radius 1 is 1.43 bits per heavy atom. The van der Waals surface area contributed by atoms with Gasteiger partial charge in [0.25, 0.3) is 0 Å². The fourth-order valence-corrected chi connectivity index (χ4v) is 2.26. The molecule has 0 spiro atoms. The number of rotatable bonds is 5. The van der Waals surface area contributed by atoms with Crippen molar-refractivity contribution in [3.8, 4) is 5.75 Å². The van der Waals surface area contributed by atoms with Crippen LogP contribution in [0, 0.1) is 0 Å². The molecule has 0 aromatic heterocycles. The number of carbonyl (C=O) groups is 1. The number of aliphatic hydroxyl groups is 3. The molecule has 8 nitrogen and oxygen atoms in total. The Morgan fingerprint density at radius 2 is 2.17 bits per heavy atom. The van der Waals surface area contributed by atoms with E-state index < -0.39 is 31.2 Å². The van der Waals surface area contributed by atoms with Gasteiger partial charge >= 0.3 is 5.97 Å². The molecule has 2 rings (SSSR count). The smallest absolute Gasteiger partial charge is 0.302 e. The van der Waals surface area contributed by atoms with E-state index in [1.54, 1.807) is 18.2 Å². The third kappa shape index (κ3) is 4.55. The van der Waals surface area contributed by atoms with Crippen LogP contribution in [0.4, 0.5) is 5.69 Å². The van der Waals surface area contributed by atoms with Crippen molar-refractivity contribution in [1.82, 2.24) is 0 Å². The number of hydrogen-bond acceptors (Lipinski definition) is 8. The molecule has 0 saturated carbocycles. The van der Waals surface area contributed by atoms with Crippen LogP contribution < -0.4 is 10.5 Å². The second-order valence-corrected chi connectivity index (χ2v) is 5.35. The van der Waals surface area contributed by atoms with Crippen molar-refractivity contribution >= 4 is 11.7 Å². The lowest BCUT2D eigenvalue weighted by atomic mass is 10.0. The number of benzene rings is 1. The largest absolute Gasteiger partial charge is 0.463 e. The highest BCUT2D eigenvalue weighted by Crippen LogP contribution is 2.28. The van der Waals surface area contributed by atoms with Crippen molar-refractivity contribution in [3.63, 3.8) is 0 Å². The van der Waals surface area contributed by atoms with Crippen molar-refractivity contribution in [3.05, 3.63) is 23.8 Å². The van der Waals surface area contributed by atoms with Crippen molar-refractivity contribution in [1.29, 1.82) is 0 Å². The van der Waals surface area contributed by atoms with Gasteiger partial charge in [0.2, 0.25) is 6.29 Å². The van der Waals surface area contributed by atoms with Gasteiger partial charge in [-0.1, -0.05) is 6.07 Å². The van der Waals surface area contributed by atoms with Crippen molar-refractivity contribution in [2.24, 2.45) is 0 Å². The van der Waals surface area contributed by atoms with E-state index in [1.807, 2.05) is 0 Å². The first-order valence-corrected chi connectivity index (χ1v) is 7.21. The molecule has 23 heavy (non-hydrogen) atoms. The van der Waals surface area contributed by atoms with E-state index in [0.717, 1.165) is 0 Å². The van der Waals surface area contributed by atoms with E-state index in [-0.39, 0.29) is 19.0 Å². The summed E-state index contributed by atoms with van der Waals surface area (Å²) >= 11 is 0. The predicted molar refractivity (Wildman–Crippen MR) is 79.3 cm³/mol. The zero-order valence-electron chi connectivity index (χ0n) is 12.7. The lowest BCUT2D eigenvalue weighted by molar-refractivity contribution is -0.229. The maximum Gasteiger partial charge on any atom is 0.302 e. The Morgan fingerprint density at radius 3 is 2.78 bits per heavy atom. The number of carbonyl (C=O) groups excluding carboxylic acids is 1. The fourth-order valence-electron chi connectivity index (χ4n) is 2.26. The summed E-state index contributed by atoms with van der Waals surface area (Å²) in [5.74, 6) is -0.0519. The average molecular weight is 327 g/mol. The molecule has 128 valence electrons. The van der Waals surface area contributed by atoms with E-state index in [9.17, 15) is 15.0 Å². The summed E-state index contributed by atoms with van der Waals surface area (Å²) in [5.41, 5.74) is 6.92. The minimum atomic E-state index is -1.16. The summed E-state index contributed by atoms with van der Waals surface area (Å²) < 4.78 is 15.8. The molecule has 1 saturated heterocycles. The third-order valence-electron chi connectivity index (χ3n) is 3.49. The first kappa shape index (κ1) is 17.5.